The fourth-order valence-corrected chi connectivity index (χ4v) is 2.67. The number of aldehydes is 1. The third kappa shape index (κ3) is 2.56. The van der Waals surface area contributed by atoms with Crippen molar-refractivity contribution >= 4 is 18.0 Å². The Kier molecular flexibility index (Phi) is 3.71. The van der Waals surface area contributed by atoms with Gasteiger partial charge in [-0.15, -0.1) is 5.10 Å². The lowest BCUT2D eigenvalue weighted by Crippen LogP contribution is -2.08. The number of nitrogens with zero attached hydrogens (tertiary/aromatic N) is 4. The van der Waals surface area contributed by atoms with Gasteiger partial charge in [0.15, 0.2) is 0 Å². The molecule has 1 aromatic rings. The van der Waals surface area contributed by atoms with Crippen molar-refractivity contribution in [2.75, 3.05) is 5.75 Å². The first-order chi connectivity index (χ1) is 7.42. The summed E-state index contributed by atoms with van der Waals surface area (Å²) in [4.78, 5) is 10.2. The lowest BCUT2D eigenvalue weighted by molar-refractivity contribution is -0.107. The van der Waals surface area contributed by atoms with E-state index in [1.165, 1.54) is 25.7 Å². The molecule has 1 aliphatic rings. The fraction of sp³-hybridized carbons (Fsp3) is 0.778. The van der Waals surface area contributed by atoms with Gasteiger partial charge >= 0.3 is 0 Å². The van der Waals surface area contributed by atoms with Crippen molar-refractivity contribution in [3.8, 4) is 0 Å². The molecule has 0 atom stereocenters. The number of tetrazole rings is 1. The van der Waals surface area contributed by atoms with E-state index < -0.39 is 0 Å². The molecule has 0 saturated heterocycles. The van der Waals surface area contributed by atoms with Gasteiger partial charge in [0, 0.05) is 12.2 Å². The smallest absolute Gasteiger partial charge is 0.209 e. The molecule has 1 aliphatic carbocycles. The lowest BCUT2D eigenvalue weighted by atomic mass is 10.3. The number of carbonyl (C=O) groups excluding carboxylic acids is 1. The Morgan fingerprint density at radius 1 is 1.47 bits per heavy atom. The SMILES string of the molecule is O=CCCSc1nnnn1C1CCCC1. The van der Waals surface area contributed by atoms with Gasteiger partial charge < -0.3 is 4.79 Å². The van der Waals surface area contributed by atoms with Gasteiger partial charge in [0.25, 0.3) is 0 Å². The molecule has 1 fully saturated rings. The average Bonchev–Trinajstić information content (AvgIpc) is 2.87. The van der Waals surface area contributed by atoms with E-state index in [0.717, 1.165) is 17.2 Å². The monoisotopic (exact) mass is 226 g/mol. The maximum Gasteiger partial charge on any atom is 0.209 e. The number of rotatable bonds is 5. The Morgan fingerprint density at radius 3 is 3.00 bits per heavy atom. The van der Waals surface area contributed by atoms with Crippen LogP contribution in [0.5, 0.6) is 0 Å². The average molecular weight is 226 g/mol. The molecule has 0 bridgehead atoms. The first kappa shape index (κ1) is 10.6. The summed E-state index contributed by atoms with van der Waals surface area (Å²) < 4.78 is 1.92. The van der Waals surface area contributed by atoms with Crippen molar-refractivity contribution in [3.05, 3.63) is 0 Å². The van der Waals surface area contributed by atoms with E-state index in [0.29, 0.717) is 12.5 Å². The van der Waals surface area contributed by atoms with Crippen molar-refractivity contribution in [1.29, 1.82) is 0 Å². The van der Waals surface area contributed by atoms with Crippen molar-refractivity contribution in [2.45, 2.75) is 43.3 Å². The van der Waals surface area contributed by atoms with Crippen LogP contribution in [0, 0.1) is 0 Å². The minimum absolute atomic E-state index is 0.471. The van der Waals surface area contributed by atoms with E-state index in [9.17, 15) is 4.79 Å². The highest BCUT2D eigenvalue weighted by atomic mass is 32.2. The first-order valence-corrected chi connectivity index (χ1v) is 6.24. The Hall–Kier alpha value is -0.910. The van der Waals surface area contributed by atoms with Gasteiger partial charge in [-0.1, -0.05) is 24.6 Å². The van der Waals surface area contributed by atoms with Crippen molar-refractivity contribution in [1.82, 2.24) is 20.2 Å². The van der Waals surface area contributed by atoms with Crippen LogP contribution < -0.4 is 0 Å². The second-order valence-corrected chi connectivity index (χ2v) is 4.71. The van der Waals surface area contributed by atoms with Crippen LogP contribution in [0.3, 0.4) is 0 Å². The quantitative estimate of drug-likeness (QED) is 0.432. The molecule has 2 rings (SSSR count). The number of hydrogen-bond acceptors (Lipinski definition) is 5. The number of aromatic nitrogens is 4. The van der Waals surface area contributed by atoms with E-state index in [-0.39, 0.29) is 0 Å². The van der Waals surface area contributed by atoms with E-state index in [1.54, 1.807) is 11.8 Å². The summed E-state index contributed by atoms with van der Waals surface area (Å²) in [6.45, 7) is 0. The molecule has 0 radical (unpaired) electrons. The van der Waals surface area contributed by atoms with E-state index >= 15 is 0 Å². The molecule has 1 aromatic heterocycles. The van der Waals surface area contributed by atoms with Gasteiger partial charge in [-0.3, -0.25) is 0 Å². The zero-order valence-corrected chi connectivity index (χ0v) is 9.32. The molecule has 6 heteroatoms. The Labute approximate surface area is 92.6 Å². The zero-order valence-electron chi connectivity index (χ0n) is 8.50. The summed E-state index contributed by atoms with van der Waals surface area (Å²) in [5, 5.41) is 12.6. The molecule has 0 aliphatic heterocycles. The summed E-state index contributed by atoms with van der Waals surface area (Å²) in [6.07, 6.45) is 6.36. The van der Waals surface area contributed by atoms with Crippen LogP contribution in [0.2, 0.25) is 0 Å². The van der Waals surface area contributed by atoms with Gasteiger partial charge in [-0.2, -0.15) is 0 Å². The third-order valence-corrected chi connectivity index (χ3v) is 3.57. The molecule has 0 aromatic carbocycles. The molecular formula is C9H14N4OS. The standard InChI is InChI=1S/C9H14N4OS/c14-6-3-7-15-9-10-11-12-13(9)8-4-1-2-5-8/h6,8H,1-5,7H2. The van der Waals surface area contributed by atoms with Crippen LogP contribution in [0.15, 0.2) is 5.16 Å². The number of hydrogen-bond donors (Lipinski definition) is 0. The van der Waals surface area contributed by atoms with E-state index in [4.69, 9.17) is 0 Å². The van der Waals surface area contributed by atoms with Crippen molar-refractivity contribution in [3.63, 3.8) is 0 Å². The third-order valence-electron chi connectivity index (χ3n) is 2.60. The summed E-state index contributed by atoms with van der Waals surface area (Å²) in [5.41, 5.74) is 0. The highest BCUT2D eigenvalue weighted by Crippen LogP contribution is 2.31. The molecule has 15 heavy (non-hydrogen) atoms. The molecule has 1 saturated carbocycles. The minimum atomic E-state index is 0.471. The largest absolute Gasteiger partial charge is 0.303 e. The van der Waals surface area contributed by atoms with Crippen LogP contribution in [-0.2, 0) is 4.79 Å². The zero-order chi connectivity index (χ0) is 10.5. The predicted molar refractivity (Wildman–Crippen MR) is 56.7 cm³/mol. The van der Waals surface area contributed by atoms with Crippen LogP contribution in [0.1, 0.15) is 38.1 Å². The Balaban J connectivity index is 1.97. The van der Waals surface area contributed by atoms with Gasteiger partial charge in [-0.25, -0.2) is 4.68 Å². The highest BCUT2D eigenvalue weighted by molar-refractivity contribution is 7.99. The molecule has 82 valence electrons. The van der Waals surface area contributed by atoms with Gasteiger partial charge in [0.2, 0.25) is 5.16 Å². The number of carbonyl (C=O) groups is 1. The summed E-state index contributed by atoms with van der Waals surface area (Å²) in [5.74, 6) is 0.761. The molecule has 0 N–H and O–H groups in total. The summed E-state index contributed by atoms with van der Waals surface area (Å²) in [7, 11) is 0. The Bertz CT molecular complexity index is 322. The summed E-state index contributed by atoms with van der Waals surface area (Å²) >= 11 is 1.56. The van der Waals surface area contributed by atoms with Gasteiger partial charge in [-0.05, 0) is 23.3 Å². The maximum atomic E-state index is 10.2. The number of thioether (sulfide) groups is 1. The first-order valence-electron chi connectivity index (χ1n) is 5.26. The van der Waals surface area contributed by atoms with Gasteiger partial charge in [0.1, 0.15) is 6.29 Å². The molecular weight excluding hydrogens is 212 g/mol. The van der Waals surface area contributed by atoms with E-state index in [2.05, 4.69) is 15.5 Å². The van der Waals surface area contributed by atoms with Crippen LogP contribution >= 0.6 is 11.8 Å². The van der Waals surface area contributed by atoms with Crippen LogP contribution in [-0.4, -0.2) is 32.2 Å². The molecule has 1 heterocycles. The molecule has 0 spiro atoms. The lowest BCUT2D eigenvalue weighted by Gasteiger charge is -2.09. The molecule has 0 amide bonds. The molecule has 5 nitrogen and oxygen atoms in total. The predicted octanol–water partition coefficient (Wildman–Crippen LogP) is 1.47. The van der Waals surface area contributed by atoms with Crippen LogP contribution in [0.25, 0.3) is 0 Å². The molecule has 0 unspecified atom stereocenters. The summed E-state index contributed by atoms with van der Waals surface area (Å²) in [6, 6.07) is 0.471. The second-order valence-electron chi connectivity index (χ2n) is 3.65. The minimum Gasteiger partial charge on any atom is -0.303 e. The maximum absolute atomic E-state index is 10.2. The van der Waals surface area contributed by atoms with Crippen molar-refractivity contribution < 1.29 is 4.79 Å². The van der Waals surface area contributed by atoms with Crippen molar-refractivity contribution in [2.24, 2.45) is 0 Å². The fourth-order valence-electron chi connectivity index (χ4n) is 1.86. The Morgan fingerprint density at radius 2 is 2.27 bits per heavy atom. The topological polar surface area (TPSA) is 60.7 Å². The van der Waals surface area contributed by atoms with Crippen LogP contribution in [0.4, 0.5) is 0 Å². The highest BCUT2D eigenvalue weighted by Gasteiger charge is 2.21. The normalized spacial score (nSPS) is 17.1. The van der Waals surface area contributed by atoms with E-state index in [1.807, 2.05) is 4.68 Å². The van der Waals surface area contributed by atoms with Gasteiger partial charge in [0.05, 0.1) is 6.04 Å². The second kappa shape index (κ2) is 5.25.